The molecule has 1 atom stereocenters. The van der Waals surface area contributed by atoms with Gasteiger partial charge in [0.05, 0.1) is 35.8 Å². The van der Waals surface area contributed by atoms with Gasteiger partial charge in [0.2, 0.25) is 5.91 Å². The van der Waals surface area contributed by atoms with Crippen LogP contribution < -0.4 is 14.2 Å². The van der Waals surface area contributed by atoms with Crippen LogP contribution in [-0.2, 0) is 21.9 Å². The molecule has 1 aromatic heterocycles. The number of halogens is 1. The number of hydrogen-bond donors (Lipinski definition) is 1. The van der Waals surface area contributed by atoms with Gasteiger partial charge in [-0.25, -0.2) is 13.1 Å². The third-order valence-corrected chi connectivity index (χ3v) is 6.90. The Bertz CT molecular complexity index is 1220. The molecule has 1 amide bonds. The predicted octanol–water partition coefficient (Wildman–Crippen LogP) is 2.72. The quantitative estimate of drug-likeness (QED) is 0.617. The minimum atomic E-state index is -4.11. The van der Waals surface area contributed by atoms with Crippen molar-refractivity contribution in [2.75, 3.05) is 13.7 Å². The first-order valence-electron chi connectivity index (χ1n) is 8.80. The molecule has 10 heteroatoms. The Hall–Kier alpha value is -2.59. The van der Waals surface area contributed by atoms with Crippen LogP contribution in [0.5, 0.6) is 11.5 Å². The molecule has 0 bridgehead atoms. The van der Waals surface area contributed by atoms with E-state index in [9.17, 15) is 13.2 Å². The third-order valence-electron chi connectivity index (χ3n) is 4.89. The largest absolute Gasteiger partial charge is 0.496 e. The monoisotopic (exact) mass is 479 g/mol. The van der Waals surface area contributed by atoms with E-state index in [0.717, 1.165) is 0 Å². The second-order valence-corrected chi connectivity index (χ2v) is 9.12. The molecule has 8 nitrogen and oxygen atoms in total. The van der Waals surface area contributed by atoms with Crippen LogP contribution in [0.4, 0.5) is 0 Å². The first-order chi connectivity index (χ1) is 13.8. The summed E-state index contributed by atoms with van der Waals surface area (Å²) in [4.78, 5) is 13.0. The number of aromatic nitrogens is 2. The summed E-state index contributed by atoms with van der Waals surface area (Å²) < 4.78 is 41.5. The molecule has 2 heterocycles. The second kappa shape index (κ2) is 7.34. The molecule has 29 heavy (non-hydrogen) atoms. The molecule has 0 saturated carbocycles. The summed E-state index contributed by atoms with van der Waals surface area (Å²) in [7, 11) is -0.968. The minimum Gasteiger partial charge on any atom is -0.496 e. The standard InChI is InChI=1S/C19H18BrN3O5S/c1-23-17-11(10-21-23)4-3-5-15(17)29(25,26)22-19(24)12-8-9-28-18-13(20)6-7-14(27-2)16(12)18/h3-7,10,12H,8-9H2,1-2H3,(H,22,24)/t12-/m0/s1. The SMILES string of the molecule is COc1ccc(Br)c2c1[C@@H](C(=O)NS(=O)(=O)c1cccc3cnn(C)c13)CCO2. The molecule has 2 aromatic carbocycles. The highest BCUT2D eigenvalue weighted by Gasteiger charge is 2.35. The number of methoxy groups -OCH3 is 1. The highest BCUT2D eigenvalue weighted by Crippen LogP contribution is 2.44. The molecule has 1 aliphatic rings. The first kappa shape index (κ1) is 19.7. The number of ether oxygens (including phenoxy) is 2. The van der Waals surface area contributed by atoms with Crippen LogP contribution in [0.15, 0.2) is 45.9 Å². The van der Waals surface area contributed by atoms with E-state index in [1.54, 1.807) is 37.5 Å². The Morgan fingerprint density at radius 3 is 2.90 bits per heavy atom. The number of carbonyl (C=O) groups excluding carboxylic acids is 1. The number of carbonyl (C=O) groups is 1. The number of para-hydroxylation sites is 1. The molecule has 152 valence electrons. The van der Waals surface area contributed by atoms with E-state index in [2.05, 4.69) is 25.8 Å². The first-order valence-corrected chi connectivity index (χ1v) is 11.1. The predicted molar refractivity (Wildman–Crippen MR) is 110 cm³/mol. The molecule has 4 rings (SSSR count). The Morgan fingerprint density at radius 1 is 1.34 bits per heavy atom. The van der Waals surface area contributed by atoms with Gasteiger partial charge < -0.3 is 9.47 Å². The van der Waals surface area contributed by atoms with Gasteiger partial charge in [-0.3, -0.25) is 9.48 Å². The summed E-state index contributed by atoms with van der Waals surface area (Å²) >= 11 is 3.41. The molecule has 0 aliphatic carbocycles. The zero-order valence-electron chi connectivity index (χ0n) is 15.7. The Morgan fingerprint density at radius 2 is 2.14 bits per heavy atom. The van der Waals surface area contributed by atoms with Crippen molar-refractivity contribution >= 4 is 42.8 Å². The topological polar surface area (TPSA) is 99.5 Å². The summed E-state index contributed by atoms with van der Waals surface area (Å²) in [5.74, 6) is -0.409. The lowest BCUT2D eigenvalue weighted by molar-refractivity contribution is -0.121. The summed E-state index contributed by atoms with van der Waals surface area (Å²) in [6.45, 7) is 0.286. The second-order valence-electron chi connectivity index (χ2n) is 6.61. The fourth-order valence-corrected chi connectivity index (χ4v) is 5.31. The van der Waals surface area contributed by atoms with Crippen molar-refractivity contribution in [1.29, 1.82) is 0 Å². The minimum absolute atomic E-state index is 0.00293. The van der Waals surface area contributed by atoms with Crippen LogP contribution in [0.3, 0.4) is 0 Å². The van der Waals surface area contributed by atoms with Crippen molar-refractivity contribution in [3.8, 4) is 11.5 Å². The van der Waals surface area contributed by atoms with E-state index in [0.29, 0.717) is 38.9 Å². The van der Waals surface area contributed by atoms with Gasteiger partial charge in [-0.1, -0.05) is 12.1 Å². The maximum atomic E-state index is 13.0. The van der Waals surface area contributed by atoms with Gasteiger partial charge in [0.1, 0.15) is 16.4 Å². The van der Waals surface area contributed by atoms with Crippen molar-refractivity contribution in [2.24, 2.45) is 7.05 Å². The molecule has 0 saturated heterocycles. The van der Waals surface area contributed by atoms with Crippen LogP contribution in [0.1, 0.15) is 17.9 Å². The van der Waals surface area contributed by atoms with Gasteiger partial charge in [-0.2, -0.15) is 5.10 Å². The van der Waals surface area contributed by atoms with E-state index in [1.807, 2.05) is 0 Å². The lowest BCUT2D eigenvalue weighted by Crippen LogP contribution is -2.37. The van der Waals surface area contributed by atoms with Crippen LogP contribution >= 0.6 is 15.9 Å². The van der Waals surface area contributed by atoms with Gasteiger partial charge in [-0.15, -0.1) is 0 Å². The van der Waals surface area contributed by atoms with Gasteiger partial charge in [0, 0.05) is 18.0 Å². The van der Waals surface area contributed by atoms with E-state index in [1.165, 1.54) is 17.9 Å². The third kappa shape index (κ3) is 3.36. The fraction of sp³-hybridized carbons (Fsp3) is 0.263. The highest BCUT2D eigenvalue weighted by molar-refractivity contribution is 9.10. The average molecular weight is 480 g/mol. The molecule has 1 aliphatic heterocycles. The van der Waals surface area contributed by atoms with E-state index >= 15 is 0 Å². The normalized spacial score (nSPS) is 16.2. The number of benzene rings is 2. The Kier molecular flexibility index (Phi) is 4.99. The molecule has 1 N–H and O–H groups in total. The number of amides is 1. The van der Waals surface area contributed by atoms with Gasteiger partial charge >= 0.3 is 0 Å². The zero-order valence-corrected chi connectivity index (χ0v) is 18.1. The lowest BCUT2D eigenvalue weighted by atomic mass is 9.91. The smallest absolute Gasteiger partial charge is 0.266 e. The van der Waals surface area contributed by atoms with E-state index in [4.69, 9.17) is 9.47 Å². The number of nitrogens with one attached hydrogen (secondary N) is 1. The number of fused-ring (bicyclic) bond motifs is 2. The highest BCUT2D eigenvalue weighted by atomic mass is 79.9. The van der Waals surface area contributed by atoms with Gasteiger partial charge in [0.15, 0.2) is 0 Å². The van der Waals surface area contributed by atoms with Gasteiger partial charge in [-0.05, 0) is 40.5 Å². The molecule has 3 aromatic rings. The summed E-state index contributed by atoms with van der Waals surface area (Å²) in [6, 6.07) is 8.31. The van der Waals surface area contributed by atoms with Crippen LogP contribution in [0, 0.1) is 0 Å². The van der Waals surface area contributed by atoms with Crippen molar-refractivity contribution in [2.45, 2.75) is 17.2 Å². The summed E-state index contributed by atoms with van der Waals surface area (Å²) in [6.07, 6.45) is 1.91. The van der Waals surface area contributed by atoms with Crippen LogP contribution in [-0.4, -0.2) is 37.8 Å². The lowest BCUT2D eigenvalue weighted by Gasteiger charge is -2.27. The number of sulfonamides is 1. The maximum Gasteiger partial charge on any atom is 0.266 e. The van der Waals surface area contributed by atoms with Crippen molar-refractivity contribution in [1.82, 2.24) is 14.5 Å². The van der Waals surface area contributed by atoms with Crippen LogP contribution in [0.25, 0.3) is 10.9 Å². The van der Waals surface area contributed by atoms with E-state index < -0.39 is 21.8 Å². The summed E-state index contributed by atoms with van der Waals surface area (Å²) in [5.41, 5.74) is 0.958. The average Bonchev–Trinajstić information content (AvgIpc) is 3.09. The molecule has 0 radical (unpaired) electrons. The molecular weight excluding hydrogens is 462 g/mol. The van der Waals surface area contributed by atoms with Crippen molar-refractivity contribution in [3.05, 3.63) is 46.6 Å². The number of rotatable bonds is 4. The van der Waals surface area contributed by atoms with Crippen LogP contribution in [0.2, 0.25) is 0 Å². The van der Waals surface area contributed by atoms with Crippen molar-refractivity contribution in [3.63, 3.8) is 0 Å². The maximum absolute atomic E-state index is 13.0. The fourth-order valence-electron chi connectivity index (χ4n) is 3.57. The zero-order chi connectivity index (χ0) is 20.8. The molecule has 0 fully saturated rings. The van der Waals surface area contributed by atoms with Gasteiger partial charge in [0.25, 0.3) is 10.0 Å². The molecule has 0 unspecified atom stereocenters. The molecular formula is C19H18BrN3O5S. The number of aryl methyl sites for hydroxylation is 1. The number of nitrogens with zero attached hydrogens (tertiary/aromatic N) is 2. The number of hydrogen-bond acceptors (Lipinski definition) is 6. The Labute approximate surface area is 176 Å². The Balaban J connectivity index is 1.72. The summed E-state index contributed by atoms with van der Waals surface area (Å²) in [5, 5.41) is 4.77. The van der Waals surface area contributed by atoms with E-state index in [-0.39, 0.29) is 11.5 Å². The van der Waals surface area contributed by atoms with Crippen molar-refractivity contribution < 1.29 is 22.7 Å². The molecule has 0 spiro atoms.